The number of carbonyl (C=O) groups is 1. The van der Waals surface area contributed by atoms with Crippen LogP contribution >= 0.6 is 24.8 Å². The molecule has 136 valence electrons. The summed E-state index contributed by atoms with van der Waals surface area (Å²) < 4.78 is 5.30. The van der Waals surface area contributed by atoms with E-state index in [0.717, 1.165) is 51.2 Å². The van der Waals surface area contributed by atoms with Gasteiger partial charge in [-0.2, -0.15) is 0 Å². The molecule has 1 amide bonds. The summed E-state index contributed by atoms with van der Waals surface area (Å²) in [4.78, 5) is 14.6. The van der Waals surface area contributed by atoms with Crippen LogP contribution in [0.4, 0.5) is 5.69 Å². The Morgan fingerprint density at radius 3 is 2.88 bits per heavy atom. The van der Waals surface area contributed by atoms with Gasteiger partial charge in [-0.05, 0) is 37.9 Å². The highest BCUT2D eigenvalue weighted by molar-refractivity contribution is 5.85. The molecule has 2 aliphatic rings. The molecule has 0 spiro atoms. The zero-order valence-electron chi connectivity index (χ0n) is 14.0. The Kier molecular flexibility index (Phi) is 8.67. The first kappa shape index (κ1) is 20.9. The van der Waals surface area contributed by atoms with Gasteiger partial charge in [0, 0.05) is 37.4 Å². The topological polar surface area (TPSA) is 53.6 Å². The number of benzene rings is 1. The van der Waals surface area contributed by atoms with Crippen LogP contribution in [0.3, 0.4) is 0 Å². The normalized spacial score (nSPS) is 23.0. The lowest BCUT2D eigenvalue weighted by atomic mass is 10.0. The summed E-state index contributed by atoms with van der Waals surface area (Å²) in [7, 11) is 1.69. The van der Waals surface area contributed by atoms with Gasteiger partial charge in [0.15, 0.2) is 0 Å². The average Bonchev–Trinajstić information content (AvgIpc) is 3.10. The lowest BCUT2D eigenvalue weighted by Gasteiger charge is -2.35. The van der Waals surface area contributed by atoms with Gasteiger partial charge in [0.05, 0.1) is 13.0 Å². The van der Waals surface area contributed by atoms with E-state index in [-0.39, 0.29) is 42.7 Å². The molecule has 0 radical (unpaired) electrons. The van der Waals surface area contributed by atoms with E-state index in [1.54, 1.807) is 7.11 Å². The zero-order chi connectivity index (χ0) is 15.4. The number of methoxy groups -OCH3 is 1. The molecular formula is C17H27Cl2N3O2. The molecule has 2 heterocycles. The highest BCUT2D eigenvalue weighted by Crippen LogP contribution is 2.24. The Morgan fingerprint density at radius 2 is 2.17 bits per heavy atom. The highest BCUT2D eigenvalue weighted by Gasteiger charge is 2.27. The van der Waals surface area contributed by atoms with Crippen molar-refractivity contribution in [2.45, 2.75) is 25.3 Å². The second kappa shape index (κ2) is 9.97. The van der Waals surface area contributed by atoms with Crippen molar-refractivity contribution in [3.63, 3.8) is 0 Å². The van der Waals surface area contributed by atoms with Crippen LogP contribution in [0.2, 0.25) is 0 Å². The molecule has 2 saturated heterocycles. The van der Waals surface area contributed by atoms with Crippen molar-refractivity contribution in [2.75, 3.05) is 38.2 Å². The smallest absolute Gasteiger partial charge is 0.224 e. The molecule has 1 aromatic carbocycles. The van der Waals surface area contributed by atoms with Crippen molar-refractivity contribution >= 4 is 36.4 Å². The van der Waals surface area contributed by atoms with E-state index < -0.39 is 0 Å². The molecular weight excluding hydrogens is 349 g/mol. The molecule has 2 N–H and O–H groups in total. The first-order valence-electron chi connectivity index (χ1n) is 8.16. The van der Waals surface area contributed by atoms with Gasteiger partial charge in [-0.1, -0.05) is 6.07 Å². The lowest BCUT2D eigenvalue weighted by Crippen LogP contribution is -2.49. The Bertz CT molecular complexity index is 524. The van der Waals surface area contributed by atoms with Crippen molar-refractivity contribution in [1.29, 1.82) is 0 Å². The van der Waals surface area contributed by atoms with Crippen molar-refractivity contribution in [3.05, 3.63) is 24.3 Å². The van der Waals surface area contributed by atoms with E-state index in [1.165, 1.54) is 5.69 Å². The van der Waals surface area contributed by atoms with E-state index >= 15 is 0 Å². The number of carbonyl (C=O) groups excluding carboxylic acids is 1. The van der Waals surface area contributed by atoms with E-state index in [2.05, 4.69) is 27.7 Å². The summed E-state index contributed by atoms with van der Waals surface area (Å²) in [6, 6.07) is 8.38. The molecule has 3 rings (SSSR count). The third-order valence-corrected chi connectivity index (χ3v) is 4.62. The van der Waals surface area contributed by atoms with Gasteiger partial charge in [-0.15, -0.1) is 24.8 Å². The number of anilines is 1. The number of nitrogens with one attached hydrogen (secondary N) is 2. The van der Waals surface area contributed by atoms with Crippen molar-refractivity contribution in [3.8, 4) is 5.75 Å². The van der Waals surface area contributed by atoms with Crippen LogP contribution in [0.25, 0.3) is 0 Å². The van der Waals surface area contributed by atoms with Gasteiger partial charge >= 0.3 is 0 Å². The maximum Gasteiger partial charge on any atom is 0.224 e. The molecule has 7 heteroatoms. The first-order chi connectivity index (χ1) is 10.8. The fourth-order valence-electron chi connectivity index (χ4n) is 3.33. The van der Waals surface area contributed by atoms with Gasteiger partial charge < -0.3 is 20.3 Å². The number of amides is 1. The van der Waals surface area contributed by atoms with E-state index in [1.807, 2.05) is 12.1 Å². The van der Waals surface area contributed by atoms with Crippen LogP contribution in [0.5, 0.6) is 5.75 Å². The number of nitrogens with zero attached hydrogens (tertiary/aromatic N) is 1. The summed E-state index contributed by atoms with van der Waals surface area (Å²) in [6.45, 7) is 3.68. The van der Waals surface area contributed by atoms with E-state index in [0.29, 0.717) is 0 Å². The molecule has 0 aromatic heterocycles. The number of hydrogen-bond acceptors (Lipinski definition) is 4. The SMILES string of the molecule is COc1cccc(N2CCCC(NC(=O)C3CCNC3)C2)c1.Cl.Cl. The van der Waals surface area contributed by atoms with Crippen LogP contribution in [-0.2, 0) is 4.79 Å². The van der Waals surface area contributed by atoms with Crippen LogP contribution in [-0.4, -0.2) is 45.2 Å². The fraction of sp³-hybridized carbons (Fsp3) is 0.588. The molecule has 2 fully saturated rings. The molecule has 2 unspecified atom stereocenters. The third kappa shape index (κ3) is 5.16. The molecule has 24 heavy (non-hydrogen) atoms. The third-order valence-electron chi connectivity index (χ3n) is 4.62. The van der Waals surface area contributed by atoms with Crippen LogP contribution < -0.4 is 20.3 Å². The summed E-state index contributed by atoms with van der Waals surface area (Å²) in [5.41, 5.74) is 1.17. The highest BCUT2D eigenvalue weighted by atomic mass is 35.5. The molecule has 2 aliphatic heterocycles. The molecule has 0 bridgehead atoms. The predicted molar refractivity (Wildman–Crippen MR) is 102 cm³/mol. The molecule has 0 aliphatic carbocycles. The Labute approximate surface area is 156 Å². The summed E-state index contributed by atoms with van der Waals surface area (Å²) >= 11 is 0. The maximum atomic E-state index is 12.3. The first-order valence-corrected chi connectivity index (χ1v) is 8.16. The van der Waals surface area contributed by atoms with Crippen LogP contribution in [0, 0.1) is 5.92 Å². The van der Waals surface area contributed by atoms with E-state index in [4.69, 9.17) is 4.74 Å². The molecule has 0 saturated carbocycles. The van der Waals surface area contributed by atoms with Gasteiger partial charge in [-0.25, -0.2) is 0 Å². The molecule has 5 nitrogen and oxygen atoms in total. The molecule has 2 atom stereocenters. The van der Waals surface area contributed by atoms with Gasteiger partial charge in [-0.3, -0.25) is 4.79 Å². The second-order valence-electron chi connectivity index (χ2n) is 6.18. The average molecular weight is 376 g/mol. The molecule has 1 aromatic rings. The van der Waals surface area contributed by atoms with Gasteiger partial charge in [0.2, 0.25) is 5.91 Å². The summed E-state index contributed by atoms with van der Waals surface area (Å²) in [6.07, 6.45) is 3.12. The zero-order valence-corrected chi connectivity index (χ0v) is 15.6. The minimum Gasteiger partial charge on any atom is -0.497 e. The Hall–Kier alpha value is -1.17. The van der Waals surface area contributed by atoms with Gasteiger partial charge in [0.1, 0.15) is 5.75 Å². The fourth-order valence-corrected chi connectivity index (χ4v) is 3.33. The summed E-state index contributed by atoms with van der Waals surface area (Å²) in [5.74, 6) is 1.23. The minimum absolute atomic E-state index is 0. The lowest BCUT2D eigenvalue weighted by molar-refractivity contribution is -0.125. The maximum absolute atomic E-state index is 12.3. The van der Waals surface area contributed by atoms with Crippen molar-refractivity contribution in [2.24, 2.45) is 5.92 Å². The number of rotatable bonds is 4. The summed E-state index contributed by atoms with van der Waals surface area (Å²) in [5, 5.41) is 6.49. The van der Waals surface area contributed by atoms with E-state index in [9.17, 15) is 4.79 Å². The van der Waals surface area contributed by atoms with Crippen molar-refractivity contribution < 1.29 is 9.53 Å². The standard InChI is InChI=1S/C17H25N3O2.2ClH/c1-22-16-6-2-5-15(10-16)20-9-3-4-14(12-20)19-17(21)13-7-8-18-11-13;;/h2,5-6,10,13-14,18H,3-4,7-9,11-12H2,1H3,(H,19,21);2*1H. The number of halogens is 2. The number of hydrogen-bond donors (Lipinski definition) is 2. The van der Waals surface area contributed by atoms with Crippen LogP contribution in [0.15, 0.2) is 24.3 Å². The number of piperidine rings is 1. The van der Waals surface area contributed by atoms with Crippen molar-refractivity contribution in [1.82, 2.24) is 10.6 Å². The second-order valence-corrected chi connectivity index (χ2v) is 6.18. The Balaban J connectivity index is 0.00000144. The largest absolute Gasteiger partial charge is 0.497 e. The minimum atomic E-state index is 0. The number of ether oxygens (including phenoxy) is 1. The Morgan fingerprint density at radius 1 is 1.33 bits per heavy atom. The monoisotopic (exact) mass is 375 g/mol. The van der Waals surface area contributed by atoms with Crippen LogP contribution in [0.1, 0.15) is 19.3 Å². The predicted octanol–water partition coefficient (Wildman–Crippen LogP) is 2.23. The van der Waals surface area contributed by atoms with Gasteiger partial charge in [0.25, 0.3) is 0 Å². The quantitative estimate of drug-likeness (QED) is 0.846.